The molecule has 100 valence electrons. The third-order valence-electron chi connectivity index (χ3n) is 2.42. The highest BCUT2D eigenvalue weighted by molar-refractivity contribution is 7.91. The maximum atomic E-state index is 13.4. The van der Waals surface area contributed by atoms with Crippen molar-refractivity contribution < 1.29 is 17.2 Å². The fourth-order valence-corrected chi connectivity index (χ4v) is 2.79. The molecule has 0 saturated heterocycles. The highest BCUT2D eigenvalue weighted by Gasteiger charge is 2.17. The number of hydrogen-bond acceptors (Lipinski definition) is 2. The van der Waals surface area contributed by atoms with Crippen LogP contribution in [0.2, 0.25) is 0 Å². The maximum absolute atomic E-state index is 13.4. The van der Waals surface area contributed by atoms with Gasteiger partial charge in [0.1, 0.15) is 17.3 Å². The van der Waals surface area contributed by atoms with E-state index in [0.29, 0.717) is 5.56 Å². The second kappa shape index (κ2) is 5.36. The van der Waals surface area contributed by atoms with Crippen molar-refractivity contribution in [2.75, 3.05) is 4.72 Å². The molecular formula is C13H11F2NO2S. The Balaban J connectivity index is 2.23. The number of para-hydroxylation sites is 1. The third-order valence-corrected chi connectivity index (χ3v) is 3.65. The normalized spacial score (nSPS) is 11.3. The van der Waals surface area contributed by atoms with Crippen molar-refractivity contribution in [3.8, 4) is 0 Å². The summed E-state index contributed by atoms with van der Waals surface area (Å²) in [7, 11) is -3.86. The predicted octanol–water partition coefficient (Wildman–Crippen LogP) is 2.91. The molecule has 2 aromatic carbocycles. The molecule has 19 heavy (non-hydrogen) atoms. The standard InChI is InChI=1S/C13H11F2NO2S/c14-11-7-4-8-12(15)13(11)16-19(17,18)9-10-5-2-1-3-6-10/h1-8,16H,9H2. The first-order valence-electron chi connectivity index (χ1n) is 5.46. The molecule has 0 fully saturated rings. The largest absolute Gasteiger partial charge is 0.278 e. The summed E-state index contributed by atoms with van der Waals surface area (Å²) in [5.74, 6) is -2.24. The molecule has 0 atom stereocenters. The molecule has 0 radical (unpaired) electrons. The van der Waals surface area contributed by atoms with Gasteiger partial charge >= 0.3 is 0 Å². The Bertz CT molecular complexity index is 652. The molecule has 1 N–H and O–H groups in total. The number of anilines is 1. The van der Waals surface area contributed by atoms with Crippen molar-refractivity contribution in [3.63, 3.8) is 0 Å². The first kappa shape index (κ1) is 13.5. The van der Waals surface area contributed by atoms with E-state index in [1.54, 1.807) is 30.3 Å². The highest BCUT2D eigenvalue weighted by atomic mass is 32.2. The first-order chi connectivity index (χ1) is 8.98. The molecule has 0 heterocycles. The number of nitrogens with one attached hydrogen (secondary N) is 1. The summed E-state index contributed by atoms with van der Waals surface area (Å²) in [4.78, 5) is 0. The van der Waals surface area contributed by atoms with Gasteiger partial charge in [-0.2, -0.15) is 0 Å². The monoisotopic (exact) mass is 283 g/mol. The minimum absolute atomic E-state index is 0.346. The quantitative estimate of drug-likeness (QED) is 0.937. The summed E-state index contributed by atoms with van der Waals surface area (Å²) < 4.78 is 52.3. The van der Waals surface area contributed by atoms with Crippen molar-refractivity contribution in [2.24, 2.45) is 0 Å². The Morgan fingerprint density at radius 2 is 1.47 bits per heavy atom. The minimum Gasteiger partial charge on any atom is -0.278 e. The van der Waals surface area contributed by atoms with Crippen LogP contribution in [-0.2, 0) is 15.8 Å². The van der Waals surface area contributed by atoms with Crippen LogP contribution in [0.4, 0.5) is 14.5 Å². The summed E-state index contributed by atoms with van der Waals surface area (Å²) in [6, 6.07) is 11.5. The van der Waals surface area contributed by atoms with E-state index >= 15 is 0 Å². The van der Waals surface area contributed by atoms with Crippen LogP contribution in [0.5, 0.6) is 0 Å². The summed E-state index contributed by atoms with van der Waals surface area (Å²) >= 11 is 0. The molecule has 2 rings (SSSR count). The van der Waals surface area contributed by atoms with Crippen LogP contribution in [0, 0.1) is 11.6 Å². The summed E-state index contributed by atoms with van der Waals surface area (Å²) in [6.45, 7) is 0. The Hall–Kier alpha value is -1.95. The molecule has 0 saturated carbocycles. The average molecular weight is 283 g/mol. The van der Waals surface area contributed by atoms with E-state index in [9.17, 15) is 17.2 Å². The smallest absolute Gasteiger partial charge is 0.237 e. The SMILES string of the molecule is O=S(=O)(Cc1ccccc1)Nc1c(F)cccc1F. The van der Waals surface area contributed by atoms with Gasteiger partial charge in [-0.25, -0.2) is 17.2 Å². The Kier molecular flexibility index (Phi) is 3.80. The molecule has 2 aromatic rings. The van der Waals surface area contributed by atoms with Crippen molar-refractivity contribution in [1.82, 2.24) is 0 Å². The lowest BCUT2D eigenvalue weighted by Crippen LogP contribution is -2.17. The molecule has 3 nitrogen and oxygen atoms in total. The van der Waals surface area contributed by atoms with Gasteiger partial charge in [0, 0.05) is 0 Å². The van der Waals surface area contributed by atoms with Gasteiger partial charge in [0.25, 0.3) is 0 Å². The lowest BCUT2D eigenvalue weighted by atomic mass is 10.2. The molecule has 0 spiro atoms. The predicted molar refractivity (Wildman–Crippen MR) is 69.0 cm³/mol. The van der Waals surface area contributed by atoms with Crippen molar-refractivity contribution >= 4 is 15.7 Å². The molecule has 0 unspecified atom stereocenters. The van der Waals surface area contributed by atoms with E-state index in [1.807, 2.05) is 4.72 Å². The zero-order valence-electron chi connectivity index (χ0n) is 9.81. The van der Waals surface area contributed by atoms with Crippen molar-refractivity contribution in [1.29, 1.82) is 0 Å². The van der Waals surface area contributed by atoms with E-state index in [2.05, 4.69) is 0 Å². The fraction of sp³-hybridized carbons (Fsp3) is 0.0769. The second-order valence-corrected chi connectivity index (χ2v) is 5.67. The van der Waals surface area contributed by atoms with Crippen LogP contribution in [0.3, 0.4) is 0 Å². The van der Waals surface area contributed by atoms with Crippen molar-refractivity contribution in [3.05, 3.63) is 65.7 Å². The molecule has 0 aliphatic carbocycles. The lowest BCUT2D eigenvalue weighted by Gasteiger charge is -2.09. The first-order valence-corrected chi connectivity index (χ1v) is 7.11. The van der Waals surface area contributed by atoms with Gasteiger partial charge in [0.05, 0.1) is 5.75 Å². The molecule has 0 aliphatic heterocycles. The summed E-state index contributed by atoms with van der Waals surface area (Å²) in [5, 5.41) is 0. The van der Waals surface area contributed by atoms with Crippen LogP contribution < -0.4 is 4.72 Å². The molecule has 0 aliphatic rings. The van der Waals surface area contributed by atoms with Gasteiger partial charge in [-0.3, -0.25) is 4.72 Å². The number of halogens is 2. The van der Waals surface area contributed by atoms with Crippen LogP contribution in [0.25, 0.3) is 0 Å². The summed E-state index contributed by atoms with van der Waals surface area (Å²) in [6.07, 6.45) is 0. The number of hydrogen-bond donors (Lipinski definition) is 1. The number of rotatable bonds is 4. The Labute approximate surface area is 109 Å². The topological polar surface area (TPSA) is 46.2 Å². The fourth-order valence-electron chi connectivity index (χ4n) is 1.58. The van der Waals surface area contributed by atoms with Crippen LogP contribution in [0.15, 0.2) is 48.5 Å². The highest BCUT2D eigenvalue weighted by Crippen LogP contribution is 2.20. The van der Waals surface area contributed by atoms with E-state index in [-0.39, 0.29) is 5.75 Å². The Morgan fingerprint density at radius 3 is 2.05 bits per heavy atom. The van der Waals surface area contributed by atoms with Gasteiger partial charge in [-0.15, -0.1) is 0 Å². The van der Waals surface area contributed by atoms with E-state index in [4.69, 9.17) is 0 Å². The van der Waals surface area contributed by atoms with Crippen LogP contribution in [-0.4, -0.2) is 8.42 Å². The van der Waals surface area contributed by atoms with E-state index < -0.39 is 27.3 Å². The van der Waals surface area contributed by atoms with Gasteiger partial charge in [-0.05, 0) is 17.7 Å². The molecule has 0 aromatic heterocycles. The van der Waals surface area contributed by atoms with E-state index in [1.165, 1.54) is 6.07 Å². The van der Waals surface area contributed by atoms with Gasteiger partial charge in [0.2, 0.25) is 10.0 Å². The minimum atomic E-state index is -3.86. The third kappa shape index (κ3) is 3.51. The molecular weight excluding hydrogens is 272 g/mol. The van der Waals surface area contributed by atoms with Gasteiger partial charge in [-0.1, -0.05) is 36.4 Å². The average Bonchev–Trinajstić information content (AvgIpc) is 2.35. The molecule has 6 heteroatoms. The Morgan fingerprint density at radius 1 is 0.895 bits per heavy atom. The number of benzene rings is 2. The van der Waals surface area contributed by atoms with E-state index in [0.717, 1.165) is 12.1 Å². The van der Waals surface area contributed by atoms with Gasteiger partial charge < -0.3 is 0 Å². The van der Waals surface area contributed by atoms with Crippen LogP contribution >= 0.6 is 0 Å². The maximum Gasteiger partial charge on any atom is 0.237 e. The van der Waals surface area contributed by atoms with Crippen molar-refractivity contribution in [2.45, 2.75) is 5.75 Å². The second-order valence-electron chi connectivity index (χ2n) is 3.94. The van der Waals surface area contributed by atoms with Gasteiger partial charge in [0.15, 0.2) is 0 Å². The number of sulfonamides is 1. The lowest BCUT2D eigenvalue weighted by molar-refractivity contribution is 0.582. The zero-order chi connectivity index (χ0) is 13.9. The van der Waals surface area contributed by atoms with Crippen LogP contribution in [0.1, 0.15) is 5.56 Å². The molecule has 0 amide bonds. The zero-order valence-corrected chi connectivity index (χ0v) is 10.6. The summed E-state index contributed by atoms with van der Waals surface area (Å²) in [5.41, 5.74) is -0.120. The molecule has 0 bridgehead atoms.